The fourth-order valence-electron chi connectivity index (χ4n) is 1.24. The van der Waals surface area contributed by atoms with Crippen LogP contribution in [0, 0.1) is 6.92 Å². The van der Waals surface area contributed by atoms with Crippen LogP contribution in [0.1, 0.15) is 22.7 Å². The molecular formula is C10H14N2O5. The standard InChI is InChI=1S/C10H14N2O5/c1-6-9(17-5-12-6)10(15)11-4-7(16-2)3-8(13)14/h5,7H,3-4H2,1-2H3,(H,11,15)(H,13,14). The number of carboxylic acid groups (broad SMARTS) is 1. The van der Waals surface area contributed by atoms with Gasteiger partial charge in [-0.1, -0.05) is 0 Å². The Labute approximate surface area is 97.8 Å². The van der Waals surface area contributed by atoms with Crippen molar-refractivity contribution in [3.05, 3.63) is 17.8 Å². The third-order valence-electron chi connectivity index (χ3n) is 2.18. The van der Waals surface area contributed by atoms with Crippen LogP contribution < -0.4 is 5.32 Å². The molecule has 0 aliphatic heterocycles. The van der Waals surface area contributed by atoms with Crippen LogP contribution in [0.15, 0.2) is 10.8 Å². The lowest BCUT2D eigenvalue weighted by Crippen LogP contribution is -2.34. The number of rotatable bonds is 6. The minimum Gasteiger partial charge on any atom is -0.481 e. The maximum absolute atomic E-state index is 11.6. The van der Waals surface area contributed by atoms with Crippen LogP contribution in [-0.2, 0) is 9.53 Å². The molecule has 1 heterocycles. The molecular weight excluding hydrogens is 228 g/mol. The van der Waals surface area contributed by atoms with Crippen molar-refractivity contribution in [3.63, 3.8) is 0 Å². The smallest absolute Gasteiger partial charge is 0.306 e. The second-order valence-corrected chi connectivity index (χ2v) is 3.43. The van der Waals surface area contributed by atoms with Gasteiger partial charge >= 0.3 is 5.97 Å². The number of oxazole rings is 1. The van der Waals surface area contributed by atoms with E-state index < -0.39 is 18.0 Å². The van der Waals surface area contributed by atoms with Gasteiger partial charge in [0.25, 0.3) is 5.91 Å². The van der Waals surface area contributed by atoms with Gasteiger partial charge in [0, 0.05) is 13.7 Å². The summed E-state index contributed by atoms with van der Waals surface area (Å²) in [5.74, 6) is -1.30. The molecule has 0 aliphatic carbocycles. The fourth-order valence-corrected chi connectivity index (χ4v) is 1.24. The van der Waals surface area contributed by atoms with Gasteiger partial charge in [0.1, 0.15) is 0 Å². The molecule has 0 bridgehead atoms. The van der Waals surface area contributed by atoms with Gasteiger partial charge in [0.05, 0.1) is 18.2 Å². The van der Waals surface area contributed by atoms with Crippen molar-refractivity contribution in [1.82, 2.24) is 10.3 Å². The predicted octanol–water partition coefficient (Wildman–Crippen LogP) is 0.203. The second-order valence-electron chi connectivity index (χ2n) is 3.43. The Morgan fingerprint density at radius 1 is 1.65 bits per heavy atom. The van der Waals surface area contributed by atoms with E-state index in [0.29, 0.717) is 5.69 Å². The molecule has 1 aromatic heterocycles. The molecule has 7 heteroatoms. The highest BCUT2D eigenvalue weighted by atomic mass is 16.5. The minimum atomic E-state index is -0.984. The average molecular weight is 242 g/mol. The van der Waals surface area contributed by atoms with Gasteiger partial charge in [-0.3, -0.25) is 9.59 Å². The maximum atomic E-state index is 11.6. The number of methoxy groups -OCH3 is 1. The van der Waals surface area contributed by atoms with Gasteiger partial charge in [-0.2, -0.15) is 0 Å². The van der Waals surface area contributed by atoms with E-state index in [9.17, 15) is 9.59 Å². The zero-order valence-corrected chi connectivity index (χ0v) is 9.60. The Bertz CT molecular complexity index is 401. The number of nitrogens with one attached hydrogen (secondary N) is 1. The molecule has 0 aliphatic rings. The molecule has 17 heavy (non-hydrogen) atoms. The van der Waals surface area contributed by atoms with Crippen molar-refractivity contribution in [3.8, 4) is 0 Å². The lowest BCUT2D eigenvalue weighted by Gasteiger charge is -2.13. The fraction of sp³-hybridized carbons (Fsp3) is 0.500. The van der Waals surface area contributed by atoms with Gasteiger partial charge in [-0.25, -0.2) is 4.98 Å². The van der Waals surface area contributed by atoms with Crippen LogP contribution in [0.4, 0.5) is 0 Å². The summed E-state index contributed by atoms with van der Waals surface area (Å²) >= 11 is 0. The Hall–Kier alpha value is -1.89. The van der Waals surface area contributed by atoms with Gasteiger partial charge in [0.2, 0.25) is 5.76 Å². The first-order chi connectivity index (χ1) is 8.04. The van der Waals surface area contributed by atoms with E-state index in [1.165, 1.54) is 13.5 Å². The van der Waals surface area contributed by atoms with Gasteiger partial charge in [-0.05, 0) is 6.92 Å². The van der Waals surface area contributed by atoms with Crippen LogP contribution in [0.5, 0.6) is 0 Å². The lowest BCUT2D eigenvalue weighted by atomic mass is 10.2. The summed E-state index contributed by atoms with van der Waals surface area (Å²) in [6, 6.07) is 0. The zero-order chi connectivity index (χ0) is 12.8. The van der Waals surface area contributed by atoms with E-state index in [0.717, 1.165) is 0 Å². The highest BCUT2D eigenvalue weighted by molar-refractivity contribution is 5.92. The molecule has 2 N–H and O–H groups in total. The minimum absolute atomic E-state index is 0.0990. The first-order valence-corrected chi connectivity index (χ1v) is 4.97. The van der Waals surface area contributed by atoms with E-state index in [2.05, 4.69) is 10.3 Å². The van der Waals surface area contributed by atoms with Crippen LogP contribution in [0.3, 0.4) is 0 Å². The van der Waals surface area contributed by atoms with E-state index in [4.69, 9.17) is 14.3 Å². The number of carbonyl (C=O) groups excluding carboxylic acids is 1. The topological polar surface area (TPSA) is 102 Å². The molecule has 1 rings (SSSR count). The zero-order valence-electron chi connectivity index (χ0n) is 9.60. The van der Waals surface area contributed by atoms with Crippen molar-refractivity contribution in [2.75, 3.05) is 13.7 Å². The second kappa shape index (κ2) is 6.00. The molecule has 1 amide bonds. The Morgan fingerprint density at radius 2 is 2.35 bits per heavy atom. The summed E-state index contributed by atoms with van der Waals surface area (Å²) in [4.78, 5) is 25.8. The number of amides is 1. The number of hydrogen-bond donors (Lipinski definition) is 2. The third-order valence-corrected chi connectivity index (χ3v) is 2.18. The van der Waals surface area contributed by atoms with Crippen molar-refractivity contribution in [1.29, 1.82) is 0 Å². The van der Waals surface area contributed by atoms with Crippen molar-refractivity contribution < 1.29 is 23.8 Å². The summed E-state index contributed by atoms with van der Waals surface area (Å²) in [7, 11) is 1.39. The summed E-state index contributed by atoms with van der Waals surface area (Å²) in [6.45, 7) is 1.74. The number of carboxylic acids is 1. The van der Waals surface area contributed by atoms with Crippen LogP contribution in [-0.4, -0.2) is 41.7 Å². The Balaban J connectivity index is 2.47. The molecule has 0 saturated carbocycles. The van der Waals surface area contributed by atoms with E-state index in [1.807, 2.05) is 0 Å². The number of aryl methyl sites for hydroxylation is 1. The first kappa shape index (κ1) is 13.2. The highest BCUT2D eigenvalue weighted by Gasteiger charge is 2.17. The molecule has 0 fully saturated rings. The maximum Gasteiger partial charge on any atom is 0.306 e. The number of ether oxygens (including phenoxy) is 1. The van der Waals surface area contributed by atoms with E-state index in [1.54, 1.807) is 6.92 Å². The third kappa shape index (κ3) is 3.87. The number of aromatic nitrogens is 1. The summed E-state index contributed by atoms with van der Waals surface area (Å²) in [5, 5.41) is 11.1. The predicted molar refractivity (Wildman–Crippen MR) is 56.6 cm³/mol. The molecule has 94 valence electrons. The summed E-state index contributed by atoms with van der Waals surface area (Å²) < 4.78 is 9.81. The van der Waals surface area contributed by atoms with E-state index in [-0.39, 0.29) is 18.7 Å². The lowest BCUT2D eigenvalue weighted by molar-refractivity contribution is -0.139. The average Bonchev–Trinajstić information content (AvgIpc) is 2.69. The van der Waals surface area contributed by atoms with E-state index >= 15 is 0 Å². The van der Waals surface area contributed by atoms with Gasteiger partial charge < -0.3 is 19.6 Å². The van der Waals surface area contributed by atoms with Crippen molar-refractivity contribution in [2.24, 2.45) is 0 Å². The molecule has 1 atom stereocenters. The normalized spacial score (nSPS) is 12.1. The van der Waals surface area contributed by atoms with Crippen LogP contribution >= 0.6 is 0 Å². The number of carbonyl (C=O) groups is 2. The number of aliphatic carboxylic acids is 1. The van der Waals surface area contributed by atoms with Gasteiger partial charge in [-0.15, -0.1) is 0 Å². The SMILES string of the molecule is COC(CNC(=O)c1ocnc1C)CC(=O)O. The van der Waals surface area contributed by atoms with Crippen molar-refractivity contribution in [2.45, 2.75) is 19.4 Å². The van der Waals surface area contributed by atoms with Crippen LogP contribution in [0.2, 0.25) is 0 Å². The van der Waals surface area contributed by atoms with Crippen LogP contribution in [0.25, 0.3) is 0 Å². The molecule has 1 unspecified atom stereocenters. The highest BCUT2D eigenvalue weighted by Crippen LogP contribution is 2.04. The summed E-state index contributed by atoms with van der Waals surface area (Å²) in [5.41, 5.74) is 0.481. The monoisotopic (exact) mass is 242 g/mol. The summed E-state index contributed by atoms with van der Waals surface area (Å²) in [6.07, 6.45) is 0.432. The molecule has 0 radical (unpaired) electrons. The van der Waals surface area contributed by atoms with Crippen molar-refractivity contribution >= 4 is 11.9 Å². The molecule has 0 saturated heterocycles. The van der Waals surface area contributed by atoms with Gasteiger partial charge in [0.15, 0.2) is 6.39 Å². The number of hydrogen-bond acceptors (Lipinski definition) is 5. The quantitative estimate of drug-likeness (QED) is 0.739. The number of nitrogens with zero attached hydrogens (tertiary/aromatic N) is 1. The molecule has 0 aromatic carbocycles. The first-order valence-electron chi connectivity index (χ1n) is 4.97. The molecule has 0 spiro atoms. The Morgan fingerprint density at radius 3 is 2.82 bits per heavy atom. The molecule has 7 nitrogen and oxygen atoms in total. The largest absolute Gasteiger partial charge is 0.481 e. The Kier molecular flexibility index (Phi) is 4.65. The molecule has 1 aromatic rings.